The van der Waals surface area contributed by atoms with Gasteiger partial charge in [0, 0.05) is 25.7 Å². The van der Waals surface area contributed by atoms with E-state index < -0.39 is 97.5 Å². The maximum Gasteiger partial charge on any atom is 0.472 e. The number of carbonyl (C=O) groups is 4. The number of carbonyl (C=O) groups excluding carboxylic acids is 4. The fourth-order valence-corrected chi connectivity index (χ4v) is 13.4. The zero-order valence-corrected chi connectivity index (χ0v) is 64.5. The minimum atomic E-state index is -4.96. The Morgan fingerprint density at radius 2 is 0.531 bits per heavy atom. The van der Waals surface area contributed by atoms with Crippen LogP contribution < -0.4 is 0 Å². The first-order valence-corrected chi connectivity index (χ1v) is 43.0. The summed E-state index contributed by atoms with van der Waals surface area (Å²) in [6.45, 7) is 9.61. The van der Waals surface area contributed by atoms with Gasteiger partial charge < -0.3 is 33.8 Å². The number of hydrogen-bond acceptors (Lipinski definition) is 15. The van der Waals surface area contributed by atoms with E-state index >= 15 is 0 Å². The van der Waals surface area contributed by atoms with Crippen LogP contribution in [0.15, 0.2) is 0 Å². The molecule has 0 rings (SSSR count). The molecule has 6 atom stereocenters. The molecule has 0 saturated carbocycles. The number of unbranched alkanes of at least 4 members (excludes halogenated alkanes) is 45. The van der Waals surface area contributed by atoms with Gasteiger partial charge in [0.1, 0.15) is 19.3 Å². The predicted molar refractivity (Wildman–Crippen MR) is 391 cm³/mol. The van der Waals surface area contributed by atoms with E-state index in [1.165, 1.54) is 218 Å². The summed E-state index contributed by atoms with van der Waals surface area (Å²) in [7, 11) is -9.91. The van der Waals surface area contributed by atoms with Gasteiger partial charge in [-0.25, -0.2) is 9.13 Å². The van der Waals surface area contributed by atoms with E-state index in [0.717, 1.165) is 102 Å². The molecule has 0 saturated heterocycles. The van der Waals surface area contributed by atoms with E-state index in [-0.39, 0.29) is 25.7 Å². The van der Waals surface area contributed by atoms with Crippen LogP contribution in [0, 0.1) is 11.8 Å². The largest absolute Gasteiger partial charge is 0.472 e. The Labute approximate surface area is 588 Å². The van der Waals surface area contributed by atoms with E-state index in [0.29, 0.717) is 25.7 Å². The van der Waals surface area contributed by atoms with Crippen LogP contribution in [0.1, 0.15) is 401 Å². The SMILES string of the molecule is CCCCCCCCCCCCCCCCCCCCC(=O)O[C@H](COC(=O)CCCCCCCCCCCCC(C)C)COP(=O)(O)OC[C@@H](O)COP(=O)(O)OC[C@@H](COC(=O)CCCCCCCCCCC(C)CC)OC(=O)CCCCCCCCCCCCCCC. The number of rotatable bonds is 76. The van der Waals surface area contributed by atoms with Crippen molar-refractivity contribution < 1.29 is 80.2 Å². The van der Waals surface area contributed by atoms with Gasteiger partial charge in [0.2, 0.25) is 0 Å². The van der Waals surface area contributed by atoms with Gasteiger partial charge in [0.15, 0.2) is 12.2 Å². The molecule has 0 aromatic carbocycles. The highest BCUT2D eigenvalue weighted by atomic mass is 31.2. The lowest BCUT2D eigenvalue weighted by atomic mass is 9.99. The number of esters is 4. The lowest BCUT2D eigenvalue weighted by Crippen LogP contribution is -2.30. The average molecular weight is 1410 g/mol. The van der Waals surface area contributed by atoms with Crippen LogP contribution >= 0.6 is 15.6 Å². The quantitative estimate of drug-likeness (QED) is 0.0222. The molecule has 0 aliphatic rings. The fraction of sp³-hybridized carbons (Fsp3) is 0.948. The first-order valence-electron chi connectivity index (χ1n) is 40.0. The molecule has 0 amide bonds. The molecule has 3 N–H and O–H groups in total. The summed E-state index contributed by atoms with van der Waals surface area (Å²) in [5.74, 6) is -0.576. The van der Waals surface area contributed by atoms with Crippen molar-refractivity contribution in [1.29, 1.82) is 0 Å². The number of hydrogen-bond donors (Lipinski definition) is 3. The zero-order valence-electron chi connectivity index (χ0n) is 62.7. The van der Waals surface area contributed by atoms with Crippen LogP contribution in [0.3, 0.4) is 0 Å². The second kappa shape index (κ2) is 68.8. The van der Waals surface area contributed by atoms with Crippen molar-refractivity contribution in [2.24, 2.45) is 11.8 Å². The van der Waals surface area contributed by atoms with Crippen LogP contribution in [0.5, 0.6) is 0 Å². The van der Waals surface area contributed by atoms with Gasteiger partial charge >= 0.3 is 39.5 Å². The Hall–Kier alpha value is -1.94. The summed E-state index contributed by atoms with van der Waals surface area (Å²) >= 11 is 0. The molecule has 19 heteroatoms. The molecule has 0 aromatic rings. The molecular weight excluding hydrogens is 1260 g/mol. The molecule has 570 valence electrons. The van der Waals surface area contributed by atoms with Gasteiger partial charge in [-0.05, 0) is 37.5 Å². The van der Waals surface area contributed by atoms with E-state index in [4.69, 9.17) is 37.0 Å². The first-order chi connectivity index (χ1) is 46.4. The van der Waals surface area contributed by atoms with Crippen molar-refractivity contribution in [3.63, 3.8) is 0 Å². The number of aliphatic hydroxyl groups is 1. The fourth-order valence-electron chi connectivity index (χ4n) is 11.8. The highest BCUT2D eigenvalue weighted by molar-refractivity contribution is 7.47. The molecule has 0 aliphatic heterocycles. The van der Waals surface area contributed by atoms with Gasteiger partial charge in [-0.2, -0.15) is 0 Å². The lowest BCUT2D eigenvalue weighted by molar-refractivity contribution is -0.161. The molecule has 0 aliphatic carbocycles. The second-order valence-electron chi connectivity index (χ2n) is 28.5. The van der Waals surface area contributed by atoms with E-state index in [1.807, 2.05) is 0 Å². The number of phosphoric acid groups is 2. The molecule has 17 nitrogen and oxygen atoms in total. The molecule has 96 heavy (non-hydrogen) atoms. The summed E-state index contributed by atoms with van der Waals surface area (Å²) in [5.41, 5.74) is 0. The molecule has 0 radical (unpaired) electrons. The molecule has 0 spiro atoms. The monoisotopic (exact) mass is 1410 g/mol. The van der Waals surface area contributed by atoms with Gasteiger partial charge in [0.25, 0.3) is 0 Å². The number of phosphoric ester groups is 2. The van der Waals surface area contributed by atoms with E-state index in [1.54, 1.807) is 0 Å². The summed E-state index contributed by atoms with van der Waals surface area (Å²) in [6, 6.07) is 0. The Balaban J connectivity index is 5.25. The van der Waals surface area contributed by atoms with Crippen molar-refractivity contribution >= 4 is 39.5 Å². The Morgan fingerprint density at radius 1 is 0.302 bits per heavy atom. The molecule has 0 aromatic heterocycles. The summed E-state index contributed by atoms with van der Waals surface area (Å²) in [5, 5.41) is 10.6. The van der Waals surface area contributed by atoms with Crippen LogP contribution in [0.25, 0.3) is 0 Å². The normalized spacial score (nSPS) is 14.3. The smallest absolute Gasteiger partial charge is 0.462 e. The number of ether oxygens (including phenoxy) is 4. The van der Waals surface area contributed by atoms with Crippen molar-refractivity contribution in [2.75, 3.05) is 39.6 Å². The molecule has 0 fully saturated rings. The van der Waals surface area contributed by atoms with Crippen molar-refractivity contribution in [1.82, 2.24) is 0 Å². The Morgan fingerprint density at radius 3 is 0.792 bits per heavy atom. The Kier molecular flexibility index (Phi) is 67.4. The summed E-state index contributed by atoms with van der Waals surface area (Å²) in [4.78, 5) is 72.9. The van der Waals surface area contributed by atoms with E-state index in [2.05, 4.69) is 41.5 Å². The summed E-state index contributed by atoms with van der Waals surface area (Å²) in [6.07, 6.45) is 56.7. The van der Waals surface area contributed by atoms with Crippen LogP contribution in [-0.4, -0.2) is 96.7 Å². The van der Waals surface area contributed by atoms with Gasteiger partial charge in [-0.15, -0.1) is 0 Å². The third-order valence-electron chi connectivity index (χ3n) is 18.3. The maximum absolute atomic E-state index is 13.1. The lowest BCUT2D eigenvalue weighted by Gasteiger charge is -2.21. The van der Waals surface area contributed by atoms with Gasteiger partial charge in [-0.1, -0.05) is 350 Å². The van der Waals surface area contributed by atoms with Gasteiger partial charge in [-0.3, -0.25) is 37.3 Å². The third kappa shape index (κ3) is 69.2. The minimum absolute atomic E-state index is 0.107. The van der Waals surface area contributed by atoms with Crippen LogP contribution in [0.2, 0.25) is 0 Å². The third-order valence-corrected chi connectivity index (χ3v) is 20.2. The van der Waals surface area contributed by atoms with Crippen molar-refractivity contribution in [3.8, 4) is 0 Å². The van der Waals surface area contributed by atoms with Crippen LogP contribution in [-0.2, 0) is 65.4 Å². The highest BCUT2D eigenvalue weighted by Gasteiger charge is 2.30. The molecule has 3 unspecified atom stereocenters. The standard InChI is InChI=1S/C77H150O17P2/c1-7-10-12-14-16-18-20-22-23-24-25-26-28-30-36-44-50-56-62-77(82)93-72(65-87-74(79)59-53-47-41-34-32-31-33-39-45-51-57-69(4)5)67-91-95(83,84)89-63-71(78)64-90-96(85,86)92-68-73(66-88-75(80)60-54-48-42-38-37-40-46-52-58-70(6)9-3)94-76(81)61-55-49-43-35-29-27-21-19-17-15-13-11-8-2/h69-73,78H,7-68H2,1-6H3,(H,83,84)(H,85,86)/t70?,71-,72-,73-/m1/s1. The minimum Gasteiger partial charge on any atom is -0.462 e. The summed E-state index contributed by atoms with van der Waals surface area (Å²) < 4.78 is 68.6. The topological polar surface area (TPSA) is 237 Å². The molecule has 0 bridgehead atoms. The zero-order chi connectivity index (χ0) is 70.7. The van der Waals surface area contributed by atoms with Crippen LogP contribution in [0.4, 0.5) is 0 Å². The number of aliphatic hydroxyl groups excluding tert-OH is 1. The van der Waals surface area contributed by atoms with E-state index in [9.17, 15) is 43.2 Å². The molecular formula is C77H150O17P2. The first kappa shape index (κ1) is 94.1. The van der Waals surface area contributed by atoms with Gasteiger partial charge in [0.05, 0.1) is 26.4 Å². The second-order valence-corrected chi connectivity index (χ2v) is 31.4. The average Bonchev–Trinajstić information content (AvgIpc) is 1.16. The Bertz CT molecular complexity index is 1860. The highest BCUT2D eigenvalue weighted by Crippen LogP contribution is 2.45. The maximum atomic E-state index is 13.1. The molecule has 0 heterocycles. The predicted octanol–water partition coefficient (Wildman–Crippen LogP) is 22.7. The van der Waals surface area contributed by atoms with Crippen molar-refractivity contribution in [3.05, 3.63) is 0 Å². The van der Waals surface area contributed by atoms with Crippen molar-refractivity contribution in [2.45, 2.75) is 419 Å².